The zero-order valence-corrected chi connectivity index (χ0v) is 37.6. The zero-order chi connectivity index (χ0) is 46.5. The van der Waals surface area contributed by atoms with Gasteiger partial charge in [0.25, 0.3) is 5.91 Å². The standard InChI is InChI=1S/C48H57N3O13/c1-22-14-13-15-23(2)47(59)50-38-42(57)34-33(37-45(38)63-32-21-29(20-30(53)36(32)49-37)51-17-11-10-12-18-51)35-44(27(6)41(34)56)64-48(8,46(35)58)61-19-16-31(60-9)24(3)43(62-28(7)52)26(5)40(55)25(4)39(22)54/h13-16,19-22,24-26,31,39-40,43,54-56,58H,10-12,17-18H2,1-9H3,(H,50,59)/b14-13+,19-16-,23-15+/t22-,24+,25+,26+,31-,39-,40+,43+,48-/m0/s1. The number of piperidine rings is 1. The van der Waals surface area contributed by atoms with Crippen LogP contribution in [0.15, 0.2) is 62.3 Å². The molecule has 3 aliphatic rings. The van der Waals surface area contributed by atoms with E-state index in [2.05, 4.69) is 10.2 Å². The minimum atomic E-state index is -1.97. The van der Waals surface area contributed by atoms with Crippen molar-refractivity contribution in [2.24, 2.45) is 23.7 Å². The molecule has 4 bridgehead atoms. The monoisotopic (exact) mass is 883 g/mol. The second kappa shape index (κ2) is 17.9. The minimum Gasteiger partial charge on any atom is -0.507 e. The molecular formula is C48H57N3O13. The first kappa shape index (κ1) is 46.0. The number of nitrogens with zero attached hydrogens (tertiary/aromatic N) is 2. The molecule has 4 heterocycles. The third-order valence-electron chi connectivity index (χ3n) is 13.1. The van der Waals surface area contributed by atoms with E-state index in [1.165, 1.54) is 59.3 Å². The van der Waals surface area contributed by atoms with Crippen LogP contribution in [0, 0.1) is 30.6 Å². The molecule has 1 saturated heterocycles. The Labute approximate surface area is 369 Å². The topological polar surface area (TPSA) is 227 Å². The molecule has 3 aliphatic heterocycles. The highest BCUT2D eigenvalue weighted by Crippen LogP contribution is 2.42. The molecule has 0 aliphatic carbocycles. The Balaban J connectivity index is 1.49. The fourth-order valence-electron chi connectivity index (χ4n) is 9.21. The van der Waals surface area contributed by atoms with Gasteiger partial charge in [-0.1, -0.05) is 45.9 Å². The van der Waals surface area contributed by atoms with Crippen molar-refractivity contribution in [1.29, 1.82) is 0 Å². The number of aliphatic hydroxyl groups excluding tert-OH is 3. The summed E-state index contributed by atoms with van der Waals surface area (Å²) in [5.74, 6) is -6.88. The second-order valence-corrected chi connectivity index (χ2v) is 17.6. The lowest BCUT2D eigenvalue weighted by molar-refractivity contribution is -0.160. The second-order valence-electron chi connectivity index (χ2n) is 17.6. The third-order valence-corrected chi connectivity index (χ3v) is 13.1. The number of fused-ring (bicyclic) bond motifs is 2. The van der Waals surface area contributed by atoms with Crippen molar-refractivity contribution in [3.63, 3.8) is 0 Å². The van der Waals surface area contributed by atoms with E-state index in [-0.39, 0.29) is 60.8 Å². The molecule has 7 rings (SSSR count). The number of carbonyl (C=O) groups excluding carboxylic acids is 2. The van der Waals surface area contributed by atoms with Crippen LogP contribution >= 0.6 is 0 Å². The van der Waals surface area contributed by atoms with E-state index in [1.807, 2.05) is 0 Å². The van der Waals surface area contributed by atoms with Gasteiger partial charge in [-0.05, 0) is 39.2 Å². The Bertz CT molecular complexity index is 2790. The molecule has 4 aromatic rings. The van der Waals surface area contributed by atoms with Crippen molar-refractivity contribution in [2.75, 3.05) is 30.4 Å². The van der Waals surface area contributed by atoms with Crippen LogP contribution in [-0.2, 0) is 23.8 Å². The van der Waals surface area contributed by atoms with Gasteiger partial charge in [0.1, 0.15) is 28.8 Å². The maximum Gasteiger partial charge on any atom is 0.307 e. The summed E-state index contributed by atoms with van der Waals surface area (Å²) in [6, 6.07) is 3.14. The highest BCUT2D eigenvalue weighted by Gasteiger charge is 2.44. The van der Waals surface area contributed by atoms with Crippen molar-refractivity contribution in [3.05, 3.63) is 79.5 Å². The highest BCUT2D eigenvalue weighted by molar-refractivity contribution is 6.16. The summed E-state index contributed by atoms with van der Waals surface area (Å²) in [6.07, 6.45) is 6.54. The van der Waals surface area contributed by atoms with Gasteiger partial charge in [-0.3, -0.25) is 19.2 Å². The van der Waals surface area contributed by atoms with Crippen LogP contribution in [0.3, 0.4) is 0 Å². The van der Waals surface area contributed by atoms with Gasteiger partial charge in [0, 0.05) is 92.1 Å². The molecule has 342 valence electrons. The van der Waals surface area contributed by atoms with Crippen LogP contribution in [0.1, 0.15) is 73.3 Å². The molecule has 0 saturated carbocycles. The van der Waals surface area contributed by atoms with E-state index < -0.39 is 88.1 Å². The van der Waals surface area contributed by atoms with Gasteiger partial charge in [0.15, 0.2) is 22.4 Å². The highest BCUT2D eigenvalue weighted by atomic mass is 16.7. The van der Waals surface area contributed by atoms with Crippen LogP contribution in [0.25, 0.3) is 38.7 Å². The quantitative estimate of drug-likeness (QED) is 0.0966. The maximum atomic E-state index is 14.8. The van der Waals surface area contributed by atoms with Gasteiger partial charge < -0.3 is 54.0 Å². The Morgan fingerprint density at radius 2 is 1.64 bits per heavy atom. The predicted molar refractivity (Wildman–Crippen MR) is 241 cm³/mol. The summed E-state index contributed by atoms with van der Waals surface area (Å²) in [7, 11) is 1.44. The van der Waals surface area contributed by atoms with E-state index in [1.54, 1.807) is 45.9 Å². The minimum absolute atomic E-state index is 0.0448. The smallest absolute Gasteiger partial charge is 0.307 e. The van der Waals surface area contributed by atoms with Gasteiger partial charge in [0.2, 0.25) is 10.9 Å². The van der Waals surface area contributed by atoms with Crippen LogP contribution in [0.2, 0.25) is 0 Å². The van der Waals surface area contributed by atoms with Crippen molar-refractivity contribution < 1.29 is 53.4 Å². The number of nitrogens with one attached hydrogen (secondary N) is 1. The number of aliphatic hydroxyl groups is 3. The zero-order valence-electron chi connectivity index (χ0n) is 37.6. The molecule has 3 aromatic carbocycles. The number of amides is 1. The normalized spacial score (nSPS) is 30.2. The summed E-state index contributed by atoms with van der Waals surface area (Å²) in [6.45, 7) is 14.1. The summed E-state index contributed by atoms with van der Waals surface area (Å²) >= 11 is 0. The predicted octanol–water partition coefficient (Wildman–Crippen LogP) is 5.55. The van der Waals surface area contributed by atoms with E-state index in [4.69, 9.17) is 28.3 Å². The summed E-state index contributed by atoms with van der Waals surface area (Å²) < 4.78 is 30.4. The number of hydrogen-bond donors (Lipinski definition) is 5. The van der Waals surface area contributed by atoms with Crippen molar-refractivity contribution >= 4 is 62.0 Å². The molecule has 9 atom stereocenters. The number of anilines is 2. The first-order valence-electron chi connectivity index (χ1n) is 21.7. The SMILES string of the molecule is CO[C@H]1/C=C\O[C@@]2(C)Oc3c(C)c(O)c4c(=O)c(c5oc6cc(N7CCCCC7)cc(=O)c6nc5c4c3=C2O)NC(=O)/C(C)=C/C=C/[C@H](C)[C@H](O)[C@@H](C)[C@@H](O)[C@@H](C)[C@H](OC(C)=O)[C@@H]1C. The molecule has 16 heteroatoms. The van der Waals surface area contributed by atoms with Crippen LogP contribution in [-0.4, -0.2) is 87.7 Å². The van der Waals surface area contributed by atoms with Crippen molar-refractivity contribution in [2.45, 2.75) is 105 Å². The van der Waals surface area contributed by atoms with Crippen molar-refractivity contribution in [1.82, 2.24) is 4.98 Å². The summed E-state index contributed by atoms with van der Waals surface area (Å²) in [5, 5.41) is 49.1. The van der Waals surface area contributed by atoms with Gasteiger partial charge in [-0.15, -0.1) is 0 Å². The van der Waals surface area contributed by atoms with Crippen LogP contribution in [0.5, 0.6) is 11.5 Å². The average molecular weight is 884 g/mol. The Kier molecular flexibility index (Phi) is 12.9. The van der Waals surface area contributed by atoms with Gasteiger partial charge >= 0.3 is 11.8 Å². The molecule has 1 amide bonds. The number of methoxy groups -OCH3 is 1. The van der Waals surface area contributed by atoms with Gasteiger partial charge in [-0.25, -0.2) is 4.98 Å². The number of phenols is 1. The molecular weight excluding hydrogens is 827 g/mol. The first-order valence-corrected chi connectivity index (χ1v) is 21.7. The molecule has 0 radical (unpaired) electrons. The lowest BCUT2D eigenvalue weighted by atomic mass is 9.78. The third kappa shape index (κ3) is 8.18. The fourth-order valence-corrected chi connectivity index (χ4v) is 9.21. The molecule has 64 heavy (non-hydrogen) atoms. The maximum absolute atomic E-state index is 14.8. The Morgan fingerprint density at radius 3 is 2.31 bits per heavy atom. The van der Waals surface area contributed by atoms with E-state index >= 15 is 0 Å². The number of allylic oxidation sites excluding steroid dienone is 2. The van der Waals surface area contributed by atoms with Crippen molar-refractivity contribution in [3.8, 4) is 11.5 Å². The number of esters is 1. The first-order chi connectivity index (χ1) is 30.3. The number of carbonyl (C=O) groups is 2. The molecule has 1 aromatic heterocycles. The van der Waals surface area contributed by atoms with E-state index in [0.29, 0.717) is 5.69 Å². The number of phenolic OH excluding ortho intramolecular Hbond substituents is 1. The van der Waals surface area contributed by atoms with Gasteiger partial charge in [0.05, 0.1) is 35.2 Å². The lowest BCUT2D eigenvalue weighted by Crippen LogP contribution is -2.46. The number of aromatic hydroxyl groups is 1. The Morgan fingerprint density at radius 1 is 0.938 bits per heavy atom. The molecule has 0 unspecified atom stereocenters. The fraction of sp³-hybridized carbons (Fsp3) is 0.479. The number of ether oxygens (including phenoxy) is 4. The average Bonchev–Trinajstić information content (AvgIpc) is 3.54. The van der Waals surface area contributed by atoms with Crippen LogP contribution < -0.4 is 31.0 Å². The molecule has 1 fully saturated rings. The van der Waals surface area contributed by atoms with E-state index in [0.717, 1.165) is 32.4 Å². The number of rotatable bonds is 3. The number of benzene rings is 3. The van der Waals surface area contributed by atoms with Crippen LogP contribution in [0.4, 0.5) is 11.4 Å². The largest absolute Gasteiger partial charge is 0.507 e. The molecule has 5 N–H and O–H groups in total. The molecule has 16 nitrogen and oxygen atoms in total. The van der Waals surface area contributed by atoms with Gasteiger partial charge in [-0.2, -0.15) is 0 Å². The van der Waals surface area contributed by atoms with E-state index in [9.17, 15) is 39.6 Å². The Hall–Kier alpha value is -5.97. The lowest BCUT2D eigenvalue weighted by Gasteiger charge is -2.38. The number of hydrogen-bond acceptors (Lipinski definition) is 15. The summed E-state index contributed by atoms with van der Waals surface area (Å²) in [5.41, 5.74) is -1.27. The number of aromatic nitrogens is 1. The summed E-state index contributed by atoms with van der Waals surface area (Å²) in [4.78, 5) is 61.8. The molecule has 0 spiro atoms.